The Labute approximate surface area is 275 Å². The van der Waals surface area contributed by atoms with Crippen molar-refractivity contribution in [1.82, 2.24) is 20.2 Å². The molecule has 1 fully saturated rings. The van der Waals surface area contributed by atoms with E-state index in [0.717, 1.165) is 32.8 Å². The van der Waals surface area contributed by atoms with Crippen LogP contribution in [0.2, 0.25) is 5.02 Å². The number of carbonyl (C=O) groups is 2. The fraction of sp³-hybridized carbons (Fsp3) is 0.212. The third kappa shape index (κ3) is 8.13. The lowest BCUT2D eigenvalue weighted by molar-refractivity contribution is -0.113. The summed E-state index contributed by atoms with van der Waals surface area (Å²) in [4.78, 5) is 38.2. The van der Waals surface area contributed by atoms with Crippen molar-refractivity contribution in [1.29, 1.82) is 0 Å². The van der Waals surface area contributed by atoms with Crippen molar-refractivity contribution in [3.05, 3.63) is 95.0 Å². The van der Waals surface area contributed by atoms with E-state index < -0.39 is 11.8 Å². The molecule has 10 nitrogen and oxygen atoms in total. The van der Waals surface area contributed by atoms with Crippen LogP contribution in [0.4, 0.5) is 26.4 Å². The molecule has 4 aromatic rings. The molecule has 0 radical (unpaired) electrons. The number of fused-ring (bicyclic) bond motifs is 1. The van der Waals surface area contributed by atoms with Crippen molar-refractivity contribution in [2.75, 3.05) is 42.3 Å². The zero-order valence-electron chi connectivity index (χ0n) is 24.6. The Morgan fingerprint density at radius 1 is 1.09 bits per heavy atom. The number of nitrogens with zero attached hydrogens (tertiary/aromatic N) is 4. The molecule has 0 unspecified atom stereocenters. The molecule has 6 rings (SSSR count). The molecule has 1 saturated heterocycles. The number of nitrogens with one attached hydrogen (secondary N) is 2. The summed E-state index contributed by atoms with van der Waals surface area (Å²) >= 11 is 7.74. The lowest BCUT2D eigenvalue weighted by Gasteiger charge is -2.29. The molecule has 0 aliphatic carbocycles. The molecule has 2 aliphatic rings. The van der Waals surface area contributed by atoms with Crippen LogP contribution in [-0.2, 0) is 22.6 Å². The van der Waals surface area contributed by atoms with E-state index in [0.29, 0.717) is 39.3 Å². The second-order valence-electron chi connectivity index (χ2n) is 10.1. The summed E-state index contributed by atoms with van der Waals surface area (Å²) in [6.07, 6.45) is 9.36. The molecule has 1 aromatic heterocycles. The first kappa shape index (κ1) is 32.7. The van der Waals surface area contributed by atoms with Gasteiger partial charge in [-0.3, -0.25) is 9.69 Å². The molecule has 13 heteroatoms. The van der Waals surface area contributed by atoms with Gasteiger partial charge in [-0.25, -0.2) is 24.1 Å². The molecule has 2 N–H and O–H groups in total. The number of carbonyl (C=O) groups excluding carboxylic acids is 2. The molecule has 0 atom stereocenters. The topological polar surface area (TPSA) is 109 Å². The fourth-order valence-corrected chi connectivity index (χ4v) is 5.86. The fourth-order valence-electron chi connectivity index (χ4n) is 4.85. The summed E-state index contributed by atoms with van der Waals surface area (Å²) < 4.78 is 24.7. The summed E-state index contributed by atoms with van der Waals surface area (Å²) in [7, 11) is 0. The van der Waals surface area contributed by atoms with Gasteiger partial charge in [0.25, 0.3) is 0 Å². The normalized spacial score (nSPS) is 14.3. The number of aromatic nitrogens is 2. The number of amides is 3. The summed E-state index contributed by atoms with van der Waals surface area (Å²) in [5.74, 6) is 0.481. The van der Waals surface area contributed by atoms with Crippen LogP contribution < -0.4 is 20.3 Å². The number of urea groups is 1. The number of benzene rings is 3. The minimum absolute atomic E-state index is 0.116. The Hall–Kier alpha value is -4.67. The molecule has 3 heterocycles. The lowest BCUT2D eigenvalue weighted by atomic mass is 10.2. The number of thioether (sulfide) groups is 1. The van der Waals surface area contributed by atoms with Crippen LogP contribution in [-0.4, -0.2) is 58.9 Å². The van der Waals surface area contributed by atoms with Crippen molar-refractivity contribution in [2.24, 2.45) is 0 Å². The van der Waals surface area contributed by atoms with Gasteiger partial charge >= 0.3 is 6.03 Å². The van der Waals surface area contributed by atoms with Crippen LogP contribution in [0, 0.1) is 18.7 Å². The van der Waals surface area contributed by atoms with E-state index in [2.05, 4.69) is 38.3 Å². The average Bonchev–Trinajstić information content (AvgIpc) is 3.07. The van der Waals surface area contributed by atoms with Crippen molar-refractivity contribution in [3.63, 3.8) is 0 Å². The molecular formula is C33H30ClFN6O4S. The maximum atomic E-state index is 13.6. The van der Waals surface area contributed by atoms with E-state index in [1.54, 1.807) is 24.3 Å². The summed E-state index contributed by atoms with van der Waals surface area (Å²) in [6, 6.07) is 18.0. The lowest BCUT2D eigenvalue weighted by Crippen LogP contribution is -2.42. The highest BCUT2D eigenvalue weighted by Crippen LogP contribution is 2.38. The molecule has 46 heavy (non-hydrogen) atoms. The molecule has 3 aromatic carbocycles. The minimum Gasteiger partial charge on any atom is -0.456 e. The minimum atomic E-state index is -0.434. The van der Waals surface area contributed by atoms with E-state index in [1.807, 2.05) is 24.3 Å². The third-order valence-corrected chi connectivity index (χ3v) is 8.33. The average molecular weight is 661 g/mol. The Kier molecular flexibility index (Phi) is 11.1. The van der Waals surface area contributed by atoms with Crippen molar-refractivity contribution >= 4 is 52.5 Å². The van der Waals surface area contributed by atoms with Crippen LogP contribution in [0.15, 0.2) is 78.1 Å². The maximum absolute atomic E-state index is 13.6. The van der Waals surface area contributed by atoms with Crippen LogP contribution in [0.5, 0.6) is 11.5 Å². The number of halogens is 2. The van der Waals surface area contributed by atoms with Crippen molar-refractivity contribution < 1.29 is 23.5 Å². The van der Waals surface area contributed by atoms with E-state index in [9.17, 15) is 14.0 Å². The van der Waals surface area contributed by atoms with E-state index in [1.165, 1.54) is 46.8 Å². The number of anilines is 3. The Balaban J connectivity index is 0.00000204. The van der Waals surface area contributed by atoms with Gasteiger partial charge in [0.05, 0.1) is 36.2 Å². The predicted molar refractivity (Wildman–Crippen MR) is 176 cm³/mol. The zero-order chi connectivity index (χ0) is 32.5. The van der Waals surface area contributed by atoms with Gasteiger partial charge in [-0.2, -0.15) is 0 Å². The first-order chi connectivity index (χ1) is 22.4. The van der Waals surface area contributed by atoms with Gasteiger partial charge in [0.1, 0.15) is 28.7 Å². The van der Waals surface area contributed by atoms with Gasteiger partial charge in [-0.05, 0) is 48.0 Å². The number of ether oxygens (including phenoxy) is 2. The maximum Gasteiger partial charge on any atom is 0.327 e. The first-order valence-electron chi connectivity index (χ1n) is 14.2. The molecule has 0 spiro atoms. The highest BCUT2D eigenvalue weighted by atomic mass is 35.5. The number of morpholine rings is 1. The molecule has 236 valence electrons. The van der Waals surface area contributed by atoms with Gasteiger partial charge in [-0.15, -0.1) is 12.8 Å². The van der Waals surface area contributed by atoms with E-state index in [-0.39, 0.29) is 23.2 Å². The monoisotopic (exact) mass is 660 g/mol. The summed E-state index contributed by atoms with van der Waals surface area (Å²) in [5, 5.41) is 6.57. The smallest absolute Gasteiger partial charge is 0.327 e. The van der Waals surface area contributed by atoms with Gasteiger partial charge in [0.15, 0.2) is 5.82 Å². The SMILES string of the molecule is C#C.O=C(CSc1ncnc2c1CNC(=O)N2c1ccc(Oc2cccc(F)c2)c(Cl)c1)Nc1ccc(CN2CCOCC2)cc1. The van der Waals surface area contributed by atoms with Gasteiger partial charge in [-0.1, -0.05) is 41.6 Å². The highest BCUT2D eigenvalue weighted by molar-refractivity contribution is 8.00. The summed E-state index contributed by atoms with van der Waals surface area (Å²) in [6.45, 7) is 4.38. The van der Waals surface area contributed by atoms with E-state index in [4.69, 9.17) is 21.1 Å². The largest absolute Gasteiger partial charge is 0.456 e. The summed E-state index contributed by atoms with van der Waals surface area (Å²) in [5.41, 5.74) is 3.01. The number of terminal acetylenes is 1. The Morgan fingerprint density at radius 2 is 1.87 bits per heavy atom. The van der Waals surface area contributed by atoms with Gasteiger partial charge < -0.3 is 20.1 Å². The van der Waals surface area contributed by atoms with Crippen molar-refractivity contribution in [3.8, 4) is 24.3 Å². The zero-order valence-corrected chi connectivity index (χ0v) is 26.2. The van der Waals surface area contributed by atoms with Gasteiger partial charge in [0.2, 0.25) is 5.91 Å². The van der Waals surface area contributed by atoms with Crippen molar-refractivity contribution in [2.45, 2.75) is 18.1 Å². The second kappa shape index (κ2) is 15.6. The highest BCUT2D eigenvalue weighted by Gasteiger charge is 2.30. The molecule has 0 bridgehead atoms. The van der Waals surface area contributed by atoms with Crippen LogP contribution in [0.1, 0.15) is 11.1 Å². The molecule has 3 amide bonds. The van der Waals surface area contributed by atoms with Crippen LogP contribution >= 0.6 is 23.4 Å². The molecule has 0 saturated carbocycles. The number of rotatable bonds is 9. The van der Waals surface area contributed by atoms with Gasteiger partial charge in [0, 0.05) is 37.0 Å². The first-order valence-corrected chi connectivity index (χ1v) is 15.6. The standard InChI is InChI=1S/C31H28ClFN6O4S.C2H2/c32-26-15-23(8-9-27(26)43-24-3-1-2-21(33)14-24)39-29-25(16-34-31(39)41)30(36-19-35-29)44-18-28(40)37-22-6-4-20(5-7-22)17-38-10-12-42-13-11-38;1-2/h1-9,14-15,19H,10-13,16-18H2,(H,34,41)(H,37,40);1-2H. The molecular weight excluding hydrogens is 631 g/mol. The Bertz CT molecular complexity index is 1720. The number of hydrogen-bond donors (Lipinski definition) is 2. The second-order valence-corrected chi connectivity index (χ2v) is 11.4. The third-order valence-electron chi connectivity index (χ3n) is 7.00. The van der Waals surface area contributed by atoms with Crippen LogP contribution in [0.25, 0.3) is 0 Å². The van der Waals surface area contributed by atoms with E-state index >= 15 is 0 Å². The predicted octanol–water partition coefficient (Wildman–Crippen LogP) is 6.24. The quantitative estimate of drug-likeness (QED) is 0.124. The number of hydrogen-bond acceptors (Lipinski definition) is 8. The van der Waals surface area contributed by atoms with Crippen LogP contribution in [0.3, 0.4) is 0 Å². The molecule has 2 aliphatic heterocycles. The Morgan fingerprint density at radius 3 is 2.61 bits per heavy atom.